The predicted octanol–water partition coefficient (Wildman–Crippen LogP) is 1.84. The van der Waals surface area contributed by atoms with Crippen LogP contribution in [-0.4, -0.2) is 32.9 Å². The second-order valence-corrected chi connectivity index (χ2v) is 7.42. The molecule has 0 aliphatic carbocycles. The van der Waals surface area contributed by atoms with Crippen molar-refractivity contribution in [1.29, 1.82) is 0 Å². The number of amides is 1. The number of nitrogens with one attached hydrogen (secondary N) is 1. The van der Waals surface area contributed by atoms with E-state index in [0.29, 0.717) is 5.56 Å². The first-order valence-corrected chi connectivity index (χ1v) is 8.29. The minimum Gasteiger partial charge on any atom is -0.351 e. The van der Waals surface area contributed by atoms with Crippen molar-refractivity contribution in [1.82, 2.24) is 5.32 Å². The molecule has 18 heavy (non-hydrogen) atoms. The Kier molecular flexibility index (Phi) is 4.92. The van der Waals surface area contributed by atoms with Gasteiger partial charge in [0, 0.05) is 22.8 Å². The maximum atomic E-state index is 11.9. The number of carbonyl (C=O) groups is 1. The van der Waals surface area contributed by atoms with Gasteiger partial charge >= 0.3 is 0 Å². The highest BCUT2D eigenvalue weighted by Gasteiger charge is 2.11. The highest BCUT2D eigenvalue weighted by Crippen LogP contribution is 2.20. The van der Waals surface area contributed by atoms with Crippen LogP contribution in [0.25, 0.3) is 0 Å². The molecule has 100 valence electrons. The van der Waals surface area contributed by atoms with E-state index in [1.165, 1.54) is 0 Å². The van der Waals surface area contributed by atoms with Gasteiger partial charge in [0.1, 0.15) is 9.84 Å². The lowest BCUT2D eigenvalue weighted by Gasteiger charge is -2.09. The molecular formula is C12H16BrNO3S. The minimum atomic E-state index is -3.05. The van der Waals surface area contributed by atoms with E-state index in [2.05, 4.69) is 21.2 Å². The first-order valence-electron chi connectivity index (χ1n) is 5.43. The number of hydrogen-bond acceptors (Lipinski definition) is 3. The van der Waals surface area contributed by atoms with Gasteiger partial charge in [0.05, 0.1) is 5.75 Å². The Morgan fingerprint density at radius 2 is 1.89 bits per heavy atom. The fourth-order valence-corrected chi connectivity index (χ4v) is 2.40. The van der Waals surface area contributed by atoms with Gasteiger partial charge in [0.25, 0.3) is 5.91 Å². The molecule has 0 atom stereocenters. The Morgan fingerprint density at radius 3 is 2.44 bits per heavy atom. The van der Waals surface area contributed by atoms with Crippen LogP contribution in [0.1, 0.15) is 21.5 Å². The summed E-state index contributed by atoms with van der Waals surface area (Å²) in [4.78, 5) is 11.9. The summed E-state index contributed by atoms with van der Waals surface area (Å²) >= 11 is 3.40. The summed E-state index contributed by atoms with van der Waals surface area (Å²) in [6.45, 7) is 3.87. The van der Waals surface area contributed by atoms with E-state index in [-0.39, 0.29) is 18.2 Å². The summed E-state index contributed by atoms with van der Waals surface area (Å²) < 4.78 is 22.9. The van der Waals surface area contributed by atoms with E-state index in [0.717, 1.165) is 21.9 Å². The zero-order valence-corrected chi connectivity index (χ0v) is 13.0. The van der Waals surface area contributed by atoms with Crippen molar-refractivity contribution in [2.45, 2.75) is 13.8 Å². The molecule has 1 amide bonds. The van der Waals surface area contributed by atoms with Crippen molar-refractivity contribution < 1.29 is 13.2 Å². The fraction of sp³-hybridized carbons (Fsp3) is 0.417. The van der Waals surface area contributed by atoms with E-state index in [1.54, 1.807) is 6.07 Å². The van der Waals surface area contributed by atoms with Crippen molar-refractivity contribution in [2.75, 3.05) is 18.6 Å². The number of benzene rings is 1. The van der Waals surface area contributed by atoms with Gasteiger partial charge in [-0.3, -0.25) is 4.79 Å². The first kappa shape index (κ1) is 15.2. The lowest BCUT2D eigenvalue weighted by Crippen LogP contribution is -2.29. The number of halogens is 1. The molecule has 6 heteroatoms. The molecule has 4 nitrogen and oxygen atoms in total. The van der Waals surface area contributed by atoms with E-state index in [4.69, 9.17) is 0 Å². The number of sulfone groups is 1. The minimum absolute atomic E-state index is 0.0483. The normalized spacial score (nSPS) is 11.3. The first-order chi connectivity index (χ1) is 8.20. The molecule has 0 saturated heterocycles. The molecule has 0 heterocycles. The van der Waals surface area contributed by atoms with Gasteiger partial charge in [0.15, 0.2) is 0 Å². The molecule has 0 aromatic heterocycles. The van der Waals surface area contributed by atoms with Gasteiger partial charge in [-0.05, 0) is 37.1 Å². The quantitative estimate of drug-likeness (QED) is 0.914. The van der Waals surface area contributed by atoms with Crippen molar-refractivity contribution in [3.8, 4) is 0 Å². The molecule has 0 aliphatic heterocycles. The molecule has 1 aromatic rings. The third-order valence-corrected chi connectivity index (χ3v) is 4.31. The summed E-state index contributed by atoms with van der Waals surface area (Å²) in [5.74, 6) is -0.292. The van der Waals surface area contributed by atoms with Crippen LogP contribution in [0.3, 0.4) is 0 Å². The van der Waals surface area contributed by atoms with Crippen molar-refractivity contribution in [3.63, 3.8) is 0 Å². The zero-order valence-electron chi connectivity index (χ0n) is 10.6. The van der Waals surface area contributed by atoms with Crippen LogP contribution in [0.15, 0.2) is 16.6 Å². The molecule has 0 radical (unpaired) electrons. The van der Waals surface area contributed by atoms with Crippen LogP contribution in [0.2, 0.25) is 0 Å². The van der Waals surface area contributed by atoms with Crippen molar-refractivity contribution in [2.24, 2.45) is 0 Å². The molecule has 0 spiro atoms. The van der Waals surface area contributed by atoms with Gasteiger partial charge in [0.2, 0.25) is 0 Å². The summed E-state index contributed by atoms with van der Waals surface area (Å²) in [5, 5.41) is 2.61. The molecule has 0 saturated carbocycles. The number of rotatable bonds is 4. The number of hydrogen-bond donors (Lipinski definition) is 1. The SMILES string of the molecule is Cc1cc(C(=O)NCCS(C)(=O)=O)c(C)cc1Br. The second kappa shape index (κ2) is 5.84. The Hall–Kier alpha value is -0.880. The van der Waals surface area contributed by atoms with E-state index < -0.39 is 9.84 Å². The third-order valence-electron chi connectivity index (χ3n) is 2.51. The Bertz CT molecular complexity index is 567. The number of carbonyl (C=O) groups excluding carboxylic acids is 1. The van der Waals surface area contributed by atoms with Crippen molar-refractivity contribution >= 4 is 31.7 Å². The van der Waals surface area contributed by atoms with E-state index >= 15 is 0 Å². The smallest absolute Gasteiger partial charge is 0.251 e. The lowest BCUT2D eigenvalue weighted by molar-refractivity contribution is 0.0955. The highest BCUT2D eigenvalue weighted by molar-refractivity contribution is 9.10. The van der Waals surface area contributed by atoms with Gasteiger partial charge in [-0.2, -0.15) is 0 Å². The third kappa shape index (κ3) is 4.42. The van der Waals surface area contributed by atoms with Crippen molar-refractivity contribution in [3.05, 3.63) is 33.3 Å². The maximum Gasteiger partial charge on any atom is 0.251 e. The van der Waals surface area contributed by atoms with Crippen LogP contribution in [-0.2, 0) is 9.84 Å². The summed E-state index contributed by atoms with van der Waals surface area (Å²) in [7, 11) is -3.05. The molecule has 0 fully saturated rings. The standard InChI is InChI=1S/C12H16BrNO3S/c1-8-7-11(13)9(2)6-10(8)12(15)14-4-5-18(3,16)17/h6-7H,4-5H2,1-3H3,(H,14,15). The Morgan fingerprint density at radius 1 is 1.28 bits per heavy atom. The topological polar surface area (TPSA) is 63.2 Å². The molecule has 1 rings (SSSR count). The highest BCUT2D eigenvalue weighted by atomic mass is 79.9. The molecular weight excluding hydrogens is 318 g/mol. The van der Waals surface area contributed by atoms with Crippen LogP contribution in [0.5, 0.6) is 0 Å². The van der Waals surface area contributed by atoms with Gasteiger partial charge in [-0.1, -0.05) is 15.9 Å². The summed E-state index contributed by atoms with van der Waals surface area (Å²) in [5.41, 5.74) is 2.39. The van der Waals surface area contributed by atoms with Gasteiger partial charge in [-0.15, -0.1) is 0 Å². The Balaban J connectivity index is 2.76. The van der Waals surface area contributed by atoms with Crippen LogP contribution in [0, 0.1) is 13.8 Å². The zero-order chi connectivity index (χ0) is 13.9. The fourth-order valence-electron chi connectivity index (χ4n) is 1.47. The largest absolute Gasteiger partial charge is 0.351 e. The van der Waals surface area contributed by atoms with Gasteiger partial charge in [-0.25, -0.2) is 8.42 Å². The van der Waals surface area contributed by atoms with Gasteiger partial charge < -0.3 is 5.32 Å². The number of aryl methyl sites for hydroxylation is 2. The maximum absolute atomic E-state index is 11.9. The van der Waals surface area contributed by atoms with E-state index in [1.807, 2.05) is 19.9 Å². The summed E-state index contributed by atoms with van der Waals surface area (Å²) in [6, 6.07) is 3.66. The molecule has 0 unspecified atom stereocenters. The second-order valence-electron chi connectivity index (χ2n) is 4.30. The molecule has 0 aliphatic rings. The van der Waals surface area contributed by atoms with E-state index in [9.17, 15) is 13.2 Å². The van der Waals surface area contributed by atoms with Crippen LogP contribution < -0.4 is 5.32 Å². The average Bonchev–Trinajstić information content (AvgIpc) is 2.21. The summed E-state index contributed by atoms with van der Waals surface area (Å²) in [6.07, 6.45) is 1.15. The molecule has 1 N–H and O–H groups in total. The average molecular weight is 334 g/mol. The van der Waals surface area contributed by atoms with Crippen LogP contribution in [0.4, 0.5) is 0 Å². The lowest BCUT2D eigenvalue weighted by atomic mass is 10.1. The molecule has 1 aromatic carbocycles. The Labute approximate surface area is 116 Å². The molecule has 0 bridgehead atoms. The predicted molar refractivity (Wildman–Crippen MR) is 75.7 cm³/mol. The van der Waals surface area contributed by atoms with Crippen LogP contribution >= 0.6 is 15.9 Å². The monoisotopic (exact) mass is 333 g/mol.